The number of hydrogen-bond donors (Lipinski definition) is 2. The van der Waals surface area contributed by atoms with Crippen molar-refractivity contribution in [3.63, 3.8) is 0 Å². The Morgan fingerprint density at radius 3 is 2.69 bits per heavy atom. The molecule has 29 heavy (non-hydrogen) atoms. The number of nitrogens with one attached hydrogen (secondary N) is 2. The maximum Gasteiger partial charge on any atom is 0.410 e. The molecule has 0 spiro atoms. The number of fused-ring (bicyclic) bond motifs is 1. The van der Waals surface area contributed by atoms with Crippen LogP contribution in [0, 0.1) is 0 Å². The van der Waals surface area contributed by atoms with Crippen LogP contribution in [-0.4, -0.2) is 39.7 Å². The summed E-state index contributed by atoms with van der Waals surface area (Å²) in [4.78, 5) is 21.9. The van der Waals surface area contributed by atoms with Crippen LogP contribution in [0.15, 0.2) is 48.8 Å². The molecule has 2 aromatic heterocycles. The number of piperidine rings is 1. The first-order valence-corrected chi connectivity index (χ1v) is 10.2. The third-order valence-electron chi connectivity index (χ3n) is 5.24. The quantitative estimate of drug-likeness (QED) is 0.624. The molecule has 1 aromatic carbocycles. The number of hydrogen-bond acceptors (Lipinski definition) is 4. The predicted octanol–water partition coefficient (Wildman–Crippen LogP) is 5.42. The fourth-order valence-electron chi connectivity index (χ4n) is 3.84. The predicted molar refractivity (Wildman–Crippen MR) is 116 cm³/mol. The van der Waals surface area contributed by atoms with E-state index in [1.807, 2.05) is 43.9 Å². The molecule has 6 heteroatoms. The Morgan fingerprint density at radius 2 is 2.00 bits per heavy atom. The monoisotopic (exact) mass is 392 g/mol. The topological polar surface area (TPSA) is 70.2 Å². The molecule has 0 aliphatic carbocycles. The van der Waals surface area contributed by atoms with Crippen molar-refractivity contribution >= 4 is 28.5 Å². The van der Waals surface area contributed by atoms with Gasteiger partial charge >= 0.3 is 6.09 Å². The Labute approximate surface area is 171 Å². The first-order valence-electron chi connectivity index (χ1n) is 10.2. The summed E-state index contributed by atoms with van der Waals surface area (Å²) in [7, 11) is 0. The van der Waals surface area contributed by atoms with E-state index in [4.69, 9.17) is 4.74 Å². The smallest absolute Gasteiger partial charge is 0.410 e. The highest BCUT2D eigenvalue weighted by molar-refractivity contribution is 5.87. The van der Waals surface area contributed by atoms with E-state index in [-0.39, 0.29) is 6.09 Å². The first-order chi connectivity index (χ1) is 13.9. The van der Waals surface area contributed by atoms with Crippen LogP contribution in [0.1, 0.15) is 45.1 Å². The Kier molecular flexibility index (Phi) is 5.18. The highest BCUT2D eigenvalue weighted by Crippen LogP contribution is 2.35. The summed E-state index contributed by atoms with van der Waals surface area (Å²) in [5.74, 6) is 1.25. The molecule has 1 saturated heterocycles. The first kappa shape index (κ1) is 19.3. The molecular formula is C23H28N4O2. The molecule has 4 rings (SSSR count). The van der Waals surface area contributed by atoms with E-state index in [1.165, 1.54) is 10.9 Å². The van der Waals surface area contributed by atoms with Crippen LogP contribution in [0.4, 0.5) is 16.3 Å². The number of anilines is 2. The van der Waals surface area contributed by atoms with Crippen LogP contribution < -0.4 is 5.32 Å². The summed E-state index contributed by atoms with van der Waals surface area (Å²) in [5.41, 5.74) is 3.00. The minimum absolute atomic E-state index is 0.211. The number of likely N-dealkylation sites (tertiary alicyclic amines) is 1. The number of carbonyl (C=O) groups excluding carboxylic acids is 1. The molecule has 0 atom stereocenters. The summed E-state index contributed by atoms with van der Waals surface area (Å²) in [6.45, 7) is 7.15. The zero-order chi connectivity index (χ0) is 20.4. The van der Waals surface area contributed by atoms with E-state index in [1.54, 1.807) is 6.20 Å². The molecule has 0 unspecified atom stereocenters. The number of amides is 1. The van der Waals surface area contributed by atoms with Gasteiger partial charge in [0, 0.05) is 42.1 Å². The van der Waals surface area contributed by atoms with Gasteiger partial charge in [-0.25, -0.2) is 9.78 Å². The van der Waals surface area contributed by atoms with Crippen molar-refractivity contribution in [1.82, 2.24) is 14.9 Å². The molecule has 1 fully saturated rings. The van der Waals surface area contributed by atoms with Gasteiger partial charge in [0.1, 0.15) is 11.4 Å². The van der Waals surface area contributed by atoms with Gasteiger partial charge in [-0.1, -0.05) is 6.07 Å². The molecule has 0 bridgehead atoms. The zero-order valence-electron chi connectivity index (χ0n) is 17.2. The number of pyridine rings is 1. The summed E-state index contributed by atoms with van der Waals surface area (Å²) >= 11 is 0. The molecule has 1 amide bonds. The lowest BCUT2D eigenvalue weighted by Crippen LogP contribution is -2.41. The van der Waals surface area contributed by atoms with Crippen molar-refractivity contribution in [3.8, 4) is 0 Å². The normalized spacial score (nSPS) is 15.5. The molecule has 3 heterocycles. The third-order valence-corrected chi connectivity index (χ3v) is 5.24. The second-order valence-electron chi connectivity index (χ2n) is 8.59. The molecule has 6 nitrogen and oxygen atoms in total. The van der Waals surface area contributed by atoms with Gasteiger partial charge in [-0.2, -0.15) is 0 Å². The van der Waals surface area contributed by atoms with Crippen LogP contribution in [0.25, 0.3) is 10.9 Å². The van der Waals surface area contributed by atoms with Gasteiger partial charge < -0.3 is 19.9 Å². The van der Waals surface area contributed by atoms with Gasteiger partial charge in [-0.3, -0.25) is 0 Å². The van der Waals surface area contributed by atoms with E-state index in [0.717, 1.165) is 43.0 Å². The SMILES string of the molecule is CC(C)(C)OC(=O)N1CCC(c2c[nH]c3ccc(Nc4ccccn4)cc23)CC1. The molecular weight excluding hydrogens is 364 g/mol. The third kappa shape index (κ3) is 4.53. The molecule has 152 valence electrons. The molecule has 2 N–H and O–H groups in total. The summed E-state index contributed by atoms with van der Waals surface area (Å²) in [5, 5.41) is 4.59. The number of benzene rings is 1. The maximum absolute atomic E-state index is 12.3. The summed E-state index contributed by atoms with van der Waals surface area (Å²) in [6.07, 6.45) is 5.55. The number of carbonyl (C=O) groups is 1. The highest BCUT2D eigenvalue weighted by atomic mass is 16.6. The van der Waals surface area contributed by atoms with Gasteiger partial charge in [-0.15, -0.1) is 0 Å². The molecule has 0 radical (unpaired) electrons. The second kappa shape index (κ2) is 7.78. The van der Waals surface area contributed by atoms with Crippen LogP contribution in [0.2, 0.25) is 0 Å². The van der Waals surface area contributed by atoms with Crippen molar-refractivity contribution in [3.05, 3.63) is 54.4 Å². The van der Waals surface area contributed by atoms with Crippen molar-refractivity contribution in [2.24, 2.45) is 0 Å². The van der Waals surface area contributed by atoms with Crippen molar-refractivity contribution in [2.45, 2.75) is 45.1 Å². The van der Waals surface area contributed by atoms with E-state index >= 15 is 0 Å². The van der Waals surface area contributed by atoms with Crippen LogP contribution in [0.5, 0.6) is 0 Å². The fourth-order valence-corrected chi connectivity index (χ4v) is 3.84. The average molecular weight is 393 g/mol. The fraction of sp³-hybridized carbons (Fsp3) is 0.391. The van der Waals surface area contributed by atoms with Gasteiger partial charge in [0.25, 0.3) is 0 Å². The van der Waals surface area contributed by atoms with Gasteiger partial charge in [0.2, 0.25) is 0 Å². The lowest BCUT2D eigenvalue weighted by Gasteiger charge is -2.33. The van der Waals surface area contributed by atoms with Crippen LogP contribution in [-0.2, 0) is 4.74 Å². The molecule has 1 aliphatic rings. The van der Waals surface area contributed by atoms with Crippen LogP contribution >= 0.6 is 0 Å². The Bertz CT molecular complexity index is 983. The molecule has 3 aromatic rings. The van der Waals surface area contributed by atoms with E-state index in [2.05, 4.69) is 39.7 Å². The number of aromatic nitrogens is 2. The van der Waals surface area contributed by atoms with Crippen molar-refractivity contribution in [1.29, 1.82) is 0 Å². The number of rotatable bonds is 3. The van der Waals surface area contributed by atoms with E-state index < -0.39 is 5.60 Å². The lowest BCUT2D eigenvalue weighted by molar-refractivity contribution is 0.0205. The molecule has 0 saturated carbocycles. The standard InChI is InChI=1S/C23H28N4O2/c1-23(2,3)29-22(28)27-12-9-16(10-13-27)19-15-25-20-8-7-17(14-18(19)20)26-21-6-4-5-11-24-21/h4-8,11,14-16,25H,9-10,12-13H2,1-3H3,(H,24,26). The molecule has 1 aliphatic heterocycles. The van der Waals surface area contributed by atoms with Gasteiger partial charge in [-0.05, 0) is 75.4 Å². The summed E-state index contributed by atoms with van der Waals surface area (Å²) in [6, 6.07) is 12.2. The lowest BCUT2D eigenvalue weighted by atomic mass is 9.89. The average Bonchev–Trinajstić information content (AvgIpc) is 3.11. The summed E-state index contributed by atoms with van der Waals surface area (Å²) < 4.78 is 5.51. The Balaban J connectivity index is 1.47. The minimum atomic E-state index is -0.457. The second-order valence-corrected chi connectivity index (χ2v) is 8.59. The number of H-pyrrole nitrogens is 1. The maximum atomic E-state index is 12.3. The Hall–Kier alpha value is -3.02. The largest absolute Gasteiger partial charge is 0.444 e. The zero-order valence-corrected chi connectivity index (χ0v) is 17.2. The van der Waals surface area contributed by atoms with E-state index in [0.29, 0.717) is 5.92 Å². The van der Waals surface area contributed by atoms with Crippen LogP contribution in [0.3, 0.4) is 0 Å². The number of nitrogens with zero attached hydrogens (tertiary/aromatic N) is 2. The van der Waals surface area contributed by atoms with Crippen molar-refractivity contribution < 1.29 is 9.53 Å². The van der Waals surface area contributed by atoms with Gasteiger partial charge in [0.15, 0.2) is 0 Å². The Morgan fingerprint density at radius 1 is 1.21 bits per heavy atom. The minimum Gasteiger partial charge on any atom is -0.444 e. The highest BCUT2D eigenvalue weighted by Gasteiger charge is 2.28. The number of aromatic amines is 1. The van der Waals surface area contributed by atoms with Gasteiger partial charge in [0.05, 0.1) is 0 Å². The number of ether oxygens (including phenoxy) is 1. The van der Waals surface area contributed by atoms with Crippen molar-refractivity contribution in [2.75, 3.05) is 18.4 Å². The van der Waals surface area contributed by atoms with E-state index in [9.17, 15) is 4.79 Å².